The number of amides is 4. The lowest BCUT2D eigenvalue weighted by Gasteiger charge is -2.26. The van der Waals surface area contributed by atoms with E-state index in [9.17, 15) is 24.6 Å². The first-order valence-electron chi connectivity index (χ1n) is 7.16. The van der Waals surface area contributed by atoms with Crippen molar-refractivity contribution in [3.05, 3.63) is 56.1 Å². The smallest absolute Gasteiger partial charge is 0.335 e. The van der Waals surface area contributed by atoms with Crippen LogP contribution in [0.2, 0.25) is 5.02 Å². The number of nitrogens with one attached hydrogen (secondary N) is 1. The highest BCUT2D eigenvalue weighted by atomic mass is 127. The highest BCUT2D eigenvalue weighted by Gasteiger charge is 2.36. The molecule has 1 aliphatic heterocycles. The molecular formula is C17H10ClIN2O5. The molecule has 2 aromatic rings. The lowest BCUT2D eigenvalue weighted by molar-refractivity contribution is -0.122. The number of benzene rings is 2. The number of hydrogen-bond donors (Lipinski definition) is 3. The number of aromatic hydroxyl groups is 2. The predicted molar refractivity (Wildman–Crippen MR) is 103 cm³/mol. The standard InChI is InChI=1S/C17H10ClIN2O5/c18-9-1-3-10(4-2-9)21-16(25)11(15(24)20-17(21)26)5-8-6-12(19)14(23)7-13(8)22/h1-7,22-23H,(H,20,24,26)/b11-5+. The van der Waals surface area contributed by atoms with Crippen molar-refractivity contribution in [1.29, 1.82) is 0 Å². The maximum Gasteiger partial charge on any atom is 0.335 e. The summed E-state index contributed by atoms with van der Waals surface area (Å²) in [7, 11) is 0. The number of phenols is 2. The van der Waals surface area contributed by atoms with Gasteiger partial charge in [-0.05, 0) is 59.0 Å². The number of rotatable bonds is 2. The normalized spacial score (nSPS) is 16.2. The largest absolute Gasteiger partial charge is 0.507 e. The third-order valence-electron chi connectivity index (χ3n) is 3.58. The number of carbonyl (C=O) groups is 3. The van der Waals surface area contributed by atoms with E-state index in [-0.39, 0.29) is 28.3 Å². The van der Waals surface area contributed by atoms with E-state index in [1.165, 1.54) is 30.3 Å². The van der Waals surface area contributed by atoms with Crippen LogP contribution in [0.15, 0.2) is 42.0 Å². The van der Waals surface area contributed by atoms with Gasteiger partial charge in [-0.15, -0.1) is 0 Å². The molecule has 1 saturated heterocycles. The third-order valence-corrected chi connectivity index (χ3v) is 4.70. The lowest BCUT2D eigenvalue weighted by atomic mass is 10.1. The first-order valence-corrected chi connectivity index (χ1v) is 8.62. The van der Waals surface area contributed by atoms with Crippen LogP contribution in [0, 0.1) is 3.57 Å². The average molecular weight is 485 g/mol. The van der Waals surface area contributed by atoms with E-state index in [2.05, 4.69) is 5.32 Å². The van der Waals surface area contributed by atoms with Crippen molar-refractivity contribution in [2.24, 2.45) is 0 Å². The summed E-state index contributed by atoms with van der Waals surface area (Å²) in [4.78, 5) is 37.7. The number of imide groups is 2. The fourth-order valence-electron chi connectivity index (χ4n) is 2.32. The molecule has 0 atom stereocenters. The highest BCUT2D eigenvalue weighted by Crippen LogP contribution is 2.31. The molecule has 0 unspecified atom stereocenters. The fraction of sp³-hybridized carbons (Fsp3) is 0. The predicted octanol–water partition coefficient (Wildman–Crippen LogP) is 3.02. The van der Waals surface area contributed by atoms with Gasteiger partial charge in [-0.3, -0.25) is 14.9 Å². The van der Waals surface area contributed by atoms with Crippen molar-refractivity contribution in [2.75, 3.05) is 4.90 Å². The van der Waals surface area contributed by atoms with E-state index < -0.39 is 17.8 Å². The van der Waals surface area contributed by atoms with Gasteiger partial charge >= 0.3 is 6.03 Å². The van der Waals surface area contributed by atoms with Crippen LogP contribution in [0.25, 0.3) is 6.08 Å². The van der Waals surface area contributed by atoms with Gasteiger partial charge in [0.1, 0.15) is 17.1 Å². The van der Waals surface area contributed by atoms with Crippen LogP contribution in [0.3, 0.4) is 0 Å². The molecule has 3 N–H and O–H groups in total. The lowest BCUT2D eigenvalue weighted by Crippen LogP contribution is -2.54. The monoisotopic (exact) mass is 484 g/mol. The molecular weight excluding hydrogens is 475 g/mol. The van der Waals surface area contributed by atoms with Crippen LogP contribution in [0.5, 0.6) is 11.5 Å². The Balaban J connectivity index is 2.05. The van der Waals surface area contributed by atoms with E-state index in [0.29, 0.717) is 8.59 Å². The molecule has 0 saturated carbocycles. The van der Waals surface area contributed by atoms with Crippen molar-refractivity contribution < 1.29 is 24.6 Å². The molecule has 0 bridgehead atoms. The van der Waals surface area contributed by atoms with Gasteiger partial charge in [-0.1, -0.05) is 11.6 Å². The Labute approximate surface area is 166 Å². The molecule has 2 aromatic carbocycles. The minimum Gasteiger partial charge on any atom is -0.507 e. The Morgan fingerprint density at radius 2 is 1.69 bits per heavy atom. The molecule has 132 valence electrons. The minimum absolute atomic E-state index is 0.136. The Hall–Kier alpha value is -2.59. The van der Waals surface area contributed by atoms with Crippen molar-refractivity contribution in [1.82, 2.24) is 5.32 Å². The van der Waals surface area contributed by atoms with Gasteiger partial charge in [0.15, 0.2) is 0 Å². The SMILES string of the molecule is O=C1NC(=O)N(c2ccc(Cl)cc2)C(=O)/C1=C/c1cc(I)c(O)cc1O. The first kappa shape index (κ1) is 18.2. The number of phenolic OH excluding ortho intramolecular Hbond substituents is 2. The summed E-state index contributed by atoms with van der Waals surface area (Å²) in [5.74, 6) is -2.18. The Morgan fingerprint density at radius 3 is 2.35 bits per heavy atom. The first-order chi connectivity index (χ1) is 12.3. The molecule has 0 radical (unpaired) electrons. The van der Waals surface area contributed by atoms with Gasteiger partial charge in [-0.2, -0.15) is 0 Å². The van der Waals surface area contributed by atoms with E-state index in [1.807, 2.05) is 22.6 Å². The van der Waals surface area contributed by atoms with Gasteiger partial charge in [0.05, 0.1) is 9.26 Å². The summed E-state index contributed by atoms with van der Waals surface area (Å²) in [6, 6.07) is 7.56. The maximum absolute atomic E-state index is 12.7. The van der Waals surface area contributed by atoms with Gasteiger partial charge in [0.2, 0.25) is 0 Å². The second-order valence-electron chi connectivity index (χ2n) is 5.30. The van der Waals surface area contributed by atoms with E-state index in [4.69, 9.17) is 11.6 Å². The van der Waals surface area contributed by atoms with Crippen LogP contribution in [-0.4, -0.2) is 28.1 Å². The van der Waals surface area contributed by atoms with Gasteiger partial charge in [-0.25, -0.2) is 9.69 Å². The zero-order chi connectivity index (χ0) is 19.0. The van der Waals surface area contributed by atoms with Gasteiger partial charge in [0.25, 0.3) is 11.8 Å². The van der Waals surface area contributed by atoms with E-state index in [1.54, 1.807) is 0 Å². The number of anilines is 1. The quantitative estimate of drug-likeness (QED) is 0.345. The van der Waals surface area contributed by atoms with Crippen molar-refractivity contribution in [3.8, 4) is 11.5 Å². The fourth-order valence-corrected chi connectivity index (χ4v) is 2.94. The van der Waals surface area contributed by atoms with Crippen LogP contribution < -0.4 is 10.2 Å². The average Bonchev–Trinajstić information content (AvgIpc) is 2.57. The summed E-state index contributed by atoms with van der Waals surface area (Å²) >= 11 is 7.65. The number of halogens is 2. The Morgan fingerprint density at radius 1 is 1.04 bits per heavy atom. The zero-order valence-corrected chi connectivity index (χ0v) is 15.8. The molecule has 0 aliphatic carbocycles. The Kier molecular flexibility index (Phi) is 4.88. The number of carbonyl (C=O) groups excluding carboxylic acids is 3. The second kappa shape index (κ2) is 6.96. The summed E-state index contributed by atoms with van der Waals surface area (Å²) in [6.45, 7) is 0. The van der Waals surface area contributed by atoms with Crippen LogP contribution >= 0.6 is 34.2 Å². The molecule has 9 heteroatoms. The van der Waals surface area contributed by atoms with Crippen molar-refractivity contribution >= 4 is 63.8 Å². The van der Waals surface area contributed by atoms with E-state index >= 15 is 0 Å². The molecule has 7 nitrogen and oxygen atoms in total. The molecule has 1 aliphatic rings. The summed E-state index contributed by atoms with van der Waals surface area (Å²) in [6.07, 6.45) is 1.16. The summed E-state index contributed by atoms with van der Waals surface area (Å²) in [5.41, 5.74) is 0.0484. The number of hydrogen-bond acceptors (Lipinski definition) is 5. The van der Waals surface area contributed by atoms with Crippen LogP contribution in [-0.2, 0) is 9.59 Å². The second-order valence-corrected chi connectivity index (χ2v) is 6.90. The molecule has 0 spiro atoms. The molecule has 3 rings (SSSR count). The van der Waals surface area contributed by atoms with Crippen molar-refractivity contribution in [3.63, 3.8) is 0 Å². The minimum atomic E-state index is -0.885. The van der Waals surface area contributed by atoms with Crippen LogP contribution in [0.1, 0.15) is 5.56 Å². The number of urea groups is 1. The summed E-state index contributed by atoms with van der Waals surface area (Å²) < 4.78 is 0.418. The van der Waals surface area contributed by atoms with E-state index in [0.717, 1.165) is 17.0 Å². The number of nitrogens with zero attached hydrogens (tertiary/aromatic N) is 1. The molecule has 1 fully saturated rings. The van der Waals surface area contributed by atoms with Gasteiger partial charge in [0, 0.05) is 16.7 Å². The topological polar surface area (TPSA) is 107 Å². The van der Waals surface area contributed by atoms with Crippen LogP contribution in [0.4, 0.5) is 10.5 Å². The maximum atomic E-state index is 12.7. The zero-order valence-electron chi connectivity index (χ0n) is 12.9. The Bertz CT molecular complexity index is 972. The highest BCUT2D eigenvalue weighted by molar-refractivity contribution is 14.1. The molecule has 0 aromatic heterocycles. The van der Waals surface area contributed by atoms with Gasteiger partial charge < -0.3 is 10.2 Å². The number of barbiturate groups is 1. The summed E-state index contributed by atoms with van der Waals surface area (Å²) in [5, 5.41) is 22.0. The van der Waals surface area contributed by atoms with Crippen molar-refractivity contribution in [2.45, 2.75) is 0 Å². The third kappa shape index (κ3) is 3.37. The molecule has 1 heterocycles. The molecule has 4 amide bonds. The molecule has 26 heavy (non-hydrogen) atoms.